The van der Waals surface area contributed by atoms with E-state index in [0.29, 0.717) is 5.75 Å². The molecule has 0 fully saturated rings. The highest BCUT2D eigenvalue weighted by molar-refractivity contribution is 7.80. The molecule has 0 amide bonds. The zero-order chi connectivity index (χ0) is 10.9. The molecule has 6 heteroatoms. The van der Waals surface area contributed by atoms with E-state index in [1.807, 2.05) is 0 Å². The molecular weight excluding hydrogens is 223 g/mol. The number of unbranched alkanes of at least 4 members (excludes halogenated alkanes) is 3. The maximum Gasteiger partial charge on any atom is 0.472 e. The zero-order valence-corrected chi connectivity index (χ0v) is 10.3. The highest BCUT2D eigenvalue weighted by atomic mass is 32.1. The molecule has 1 atom stereocenters. The Kier molecular flexibility index (Phi) is 9.03. The first-order chi connectivity index (χ1) is 6.62. The van der Waals surface area contributed by atoms with Crippen molar-refractivity contribution in [2.75, 3.05) is 19.0 Å². The van der Waals surface area contributed by atoms with E-state index in [1.54, 1.807) is 0 Å². The van der Waals surface area contributed by atoms with E-state index < -0.39 is 7.82 Å². The summed E-state index contributed by atoms with van der Waals surface area (Å²) in [7, 11) is -3.81. The van der Waals surface area contributed by atoms with E-state index in [4.69, 9.17) is 9.42 Å². The number of thiol groups is 1. The fourth-order valence-electron chi connectivity index (χ4n) is 0.902. The van der Waals surface area contributed by atoms with Gasteiger partial charge in [-0.15, -0.1) is 0 Å². The van der Waals surface area contributed by atoms with Crippen molar-refractivity contribution in [2.45, 2.75) is 32.6 Å². The van der Waals surface area contributed by atoms with Gasteiger partial charge in [0, 0.05) is 5.75 Å². The van der Waals surface area contributed by atoms with Gasteiger partial charge in [0.2, 0.25) is 0 Å². The van der Waals surface area contributed by atoms with Crippen LogP contribution in [-0.2, 0) is 13.6 Å². The molecule has 0 aromatic carbocycles. The van der Waals surface area contributed by atoms with E-state index in [9.17, 15) is 4.57 Å². The van der Waals surface area contributed by atoms with Gasteiger partial charge in [-0.1, -0.05) is 26.2 Å². The number of phosphoric ester groups is 1. The molecule has 0 aromatic heterocycles. The Morgan fingerprint density at radius 3 is 2.43 bits per heavy atom. The smallest absolute Gasteiger partial charge is 0.302 e. The predicted molar refractivity (Wildman–Crippen MR) is 59.7 cm³/mol. The van der Waals surface area contributed by atoms with Crippen LogP contribution in [0.2, 0.25) is 0 Å². The summed E-state index contributed by atoms with van der Waals surface area (Å²) in [6, 6.07) is 0. The van der Waals surface area contributed by atoms with Crippen LogP contribution in [0, 0.1) is 0 Å². The molecular formula is C8H19O4PS. The van der Waals surface area contributed by atoms with Crippen LogP contribution in [0.1, 0.15) is 32.6 Å². The summed E-state index contributed by atoms with van der Waals surface area (Å²) in [5.74, 6) is 0.406. The molecule has 0 rings (SSSR count). The summed E-state index contributed by atoms with van der Waals surface area (Å²) in [6.07, 6.45) is 4.06. The summed E-state index contributed by atoms with van der Waals surface area (Å²) in [6.45, 7) is 2.51. The Bertz CT molecular complexity index is 177. The molecule has 1 N–H and O–H groups in total. The largest absolute Gasteiger partial charge is 0.472 e. The molecule has 14 heavy (non-hydrogen) atoms. The summed E-state index contributed by atoms with van der Waals surface area (Å²) in [4.78, 5) is 9.08. The molecule has 0 bridgehead atoms. The van der Waals surface area contributed by atoms with Crippen molar-refractivity contribution in [2.24, 2.45) is 0 Å². The number of phosphoric acid groups is 1. The van der Waals surface area contributed by atoms with Crippen molar-refractivity contribution in [1.29, 1.82) is 0 Å². The van der Waals surface area contributed by atoms with Crippen LogP contribution in [-0.4, -0.2) is 23.9 Å². The highest BCUT2D eigenvalue weighted by Crippen LogP contribution is 2.43. The van der Waals surface area contributed by atoms with Gasteiger partial charge in [-0.2, -0.15) is 12.6 Å². The highest BCUT2D eigenvalue weighted by Gasteiger charge is 2.19. The van der Waals surface area contributed by atoms with Gasteiger partial charge < -0.3 is 4.89 Å². The van der Waals surface area contributed by atoms with Gasteiger partial charge in [-0.05, 0) is 6.42 Å². The van der Waals surface area contributed by atoms with Gasteiger partial charge in [0.1, 0.15) is 0 Å². The molecule has 0 radical (unpaired) electrons. The normalized spacial score (nSPS) is 15.4. The molecule has 0 heterocycles. The lowest BCUT2D eigenvalue weighted by Gasteiger charge is -2.10. The van der Waals surface area contributed by atoms with E-state index in [2.05, 4.69) is 24.1 Å². The van der Waals surface area contributed by atoms with E-state index >= 15 is 0 Å². The van der Waals surface area contributed by atoms with Gasteiger partial charge >= 0.3 is 7.82 Å². The predicted octanol–water partition coefficient (Wildman–Crippen LogP) is 2.63. The molecule has 0 saturated carbocycles. The van der Waals surface area contributed by atoms with Gasteiger partial charge in [-0.25, -0.2) is 4.57 Å². The van der Waals surface area contributed by atoms with Crippen LogP contribution in [0.5, 0.6) is 0 Å². The average molecular weight is 242 g/mol. The molecule has 86 valence electrons. The maximum atomic E-state index is 11.1. The fourth-order valence-corrected chi connectivity index (χ4v) is 1.89. The summed E-state index contributed by atoms with van der Waals surface area (Å²) in [5.41, 5.74) is 0. The van der Waals surface area contributed by atoms with Crippen molar-refractivity contribution in [3.05, 3.63) is 0 Å². The third kappa shape index (κ3) is 9.03. The van der Waals surface area contributed by atoms with Crippen LogP contribution >= 0.6 is 20.5 Å². The van der Waals surface area contributed by atoms with Crippen molar-refractivity contribution < 1.29 is 18.5 Å². The minimum atomic E-state index is -3.81. The summed E-state index contributed by atoms with van der Waals surface area (Å²) >= 11 is 3.86. The number of hydrogen-bond donors (Lipinski definition) is 2. The van der Waals surface area contributed by atoms with Crippen molar-refractivity contribution >= 4 is 20.5 Å². The summed E-state index contributed by atoms with van der Waals surface area (Å²) in [5, 5.41) is 0. The standard InChI is InChI=1S/C8H19O4PS/c1-2-3-4-5-6-11-13(9,10)12-7-8-14/h14H,2-8H2,1H3,(H,9,10). The molecule has 0 spiro atoms. The average Bonchev–Trinajstić information content (AvgIpc) is 2.15. The van der Waals surface area contributed by atoms with Crippen LogP contribution in [0.25, 0.3) is 0 Å². The Balaban J connectivity index is 3.40. The van der Waals surface area contributed by atoms with E-state index in [1.165, 1.54) is 0 Å². The van der Waals surface area contributed by atoms with E-state index in [0.717, 1.165) is 25.7 Å². The van der Waals surface area contributed by atoms with Crippen LogP contribution < -0.4 is 0 Å². The lowest BCUT2D eigenvalue weighted by atomic mass is 10.2. The lowest BCUT2D eigenvalue weighted by molar-refractivity contribution is 0.154. The van der Waals surface area contributed by atoms with Crippen LogP contribution in [0.15, 0.2) is 0 Å². The van der Waals surface area contributed by atoms with Crippen molar-refractivity contribution in [1.82, 2.24) is 0 Å². The molecule has 0 aliphatic heterocycles. The topological polar surface area (TPSA) is 55.8 Å². The summed E-state index contributed by atoms with van der Waals surface area (Å²) < 4.78 is 20.4. The van der Waals surface area contributed by atoms with Gasteiger partial charge in [-0.3, -0.25) is 9.05 Å². The van der Waals surface area contributed by atoms with Crippen molar-refractivity contribution in [3.8, 4) is 0 Å². The third-order valence-electron chi connectivity index (χ3n) is 1.60. The second-order valence-corrected chi connectivity index (χ2v) is 4.82. The first kappa shape index (κ1) is 14.5. The quantitative estimate of drug-likeness (QED) is 0.371. The minimum absolute atomic E-state index is 0.131. The van der Waals surface area contributed by atoms with E-state index in [-0.39, 0.29) is 13.2 Å². The van der Waals surface area contributed by atoms with Gasteiger partial charge in [0.25, 0.3) is 0 Å². The SMILES string of the molecule is CCCCCCOP(=O)(O)OCCS. The number of hydrogen-bond acceptors (Lipinski definition) is 4. The molecule has 0 aliphatic rings. The Labute approximate surface area is 91.0 Å². The maximum absolute atomic E-state index is 11.1. The number of rotatable bonds is 9. The fraction of sp³-hybridized carbons (Fsp3) is 1.00. The second-order valence-electron chi connectivity index (χ2n) is 2.92. The molecule has 4 nitrogen and oxygen atoms in total. The molecule has 0 aliphatic carbocycles. The third-order valence-corrected chi connectivity index (χ3v) is 2.80. The minimum Gasteiger partial charge on any atom is -0.302 e. The molecule has 0 saturated heterocycles. The zero-order valence-electron chi connectivity index (χ0n) is 8.52. The van der Waals surface area contributed by atoms with Gasteiger partial charge in [0.15, 0.2) is 0 Å². The second kappa shape index (κ2) is 8.74. The Morgan fingerprint density at radius 2 is 1.86 bits per heavy atom. The Hall–Kier alpha value is 0.460. The van der Waals surface area contributed by atoms with Crippen LogP contribution in [0.4, 0.5) is 0 Å². The molecule has 1 unspecified atom stereocenters. The first-order valence-electron chi connectivity index (χ1n) is 4.85. The van der Waals surface area contributed by atoms with Crippen LogP contribution in [0.3, 0.4) is 0 Å². The Morgan fingerprint density at radius 1 is 1.21 bits per heavy atom. The molecule has 0 aromatic rings. The first-order valence-corrected chi connectivity index (χ1v) is 6.98. The van der Waals surface area contributed by atoms with Crippen molar-refractivity contribution in [3.63, 3.8) is 0 Å². The lowest BCUT2D eigenvalue weighted by Crippen LogP contribution is -1.99. The van der Waals surface area contributed by atoms with Gasteiger partial charge in [0.05, 0.1) is 13.2 Å². The monoisotopic (exact) mass is 242 g/mol.